The standard InChI is InChI=1S/C21H25N.C8H12/c1-7-12-15(4)18(9-3)21-17(6)22(16(5)8-2)20-14-11-10-13-19(20)21;1-4-6-8(3)7-5-2/h7-14H,3H2,1-2,4-6H3;4-7H,1H2,2-3H3/b12-7-,16-8+,18-15+;7-5-,8-6-. The van der Waals surface area contributed by atoms with Crippen molar-refractivity contribution in [2.45, 2.75) is 48.5 Å². The van der Waals surface area contributed by atoms with E-state index in [9.17, 15) is 0 Å². The molecule has 0 radical (unpaired) electrons. The number of para-hydroxylation sites is 1. The van der Waals surface area contributed by atoms with Gasteiger partial charge in [0, 0.05) is 22.3 Å². The summed E-state index contributed by atoms with van der Waals surface area (Å²) in [7, 11) is 0. The summed E-state index contributed by atoms with van der Waals surface area (Å²) in [5.41, 5.74) is 8.71. The van der Waals surface area contributed by atoms with Gasteiger partial charge in [0.05, 0.1) is 5.52 Å². The number of fused-ring (bicyclic) bond motifs is 1. The van der Waals surface area contributed by atoms with Gasteiger partial charge in [0.2, 0.25) is 0 Å². The fourth-order valence-electron chi connectivity index (χ4n) is 3.60. The average Bonchev–Trinajstić information content (AvgIpc) is 3.01. The van der Waals surface area contributed by atoms with Crippen molar-refractivity contribution in [3.8, 4) is 0 Å². The molecule has 0 aliphatic heterocycles. The van der Waals surface area contributed by atoms with Crippen molar-refractivity contribution in [2.75, 3.05) is 0 Å². The molecule has 0 saturated carbocycles. The summed E-state index contributed by atoms with van der Waals surface area (Å²) in [4.78, 5) is 0. The minimum atomic E-state index is 1.20. The summed E-state index contributed by atoms with van der Waals surface area (Å²) in [5, 5.41) is 1.28. The Hall–Kier alpha value is -3.06. The smallest absolute Gasteiger partial charge is 0.0534 e. The van der Waals surface area contributed by atoms with Crippen LogP contribution < -0.4 is 0 Å². The number of aromatic nitrogens is 1. The fourth-order valence-corrected chi connectivity index (χ4v) is 3.60. The molecule has 0 spiro atoms. The highest BCUT2D eigenvalue weighted by Crippen LogP contribution is 2.35. The van der Waals surface area contributed by atoms with E-state index < -0.39 is 0 Å². The first-order chi connectivity index (χ1) is 14.4. The molecule has 1 aromatic carbocycles. The Labute approximate surface area is 183 Å². The van der Waals surface area contributed by atoms with E-state index in [4.69, 9.17) is 0 Å². The van der Waals surface area contributed by atoms with Crippen LogP contribution >= 0.6 is 0 Å². The van der Waals surface area contributed by atoms with Crippen molar-refractivity contribution in [1.82, 2.24) is 4.57 Å². The van der Waals surface area contributed by atoms with Crippen molar-refractivity contribution in [2.24, 2.45) is 0 Å². The van der Waals surface area contributed by atoms with Crippen LogP contribution in [0.1, 0.15) is 52.8 Å². The van der Waals surface area contributed by atoms with Gasteiger partial charge in [-0.3, -0.25) is 0 Å². The molecule has 0 bridgehead atoms. The first kappa shape index (κ1) is 25.0. The van der Waals surface area contributed by atoms with Gasteiger partial charge in [-0.05, 0) is 65.7 Å². The molecule has 158 valence electrons. The average molecular weight is 400 g/mol. The van der Waals surface area contributed by atoms with Crippen molar-refractivity contribution < 1.29 is 0 Å². The summed E-state index contributed by atoms with van der Waals surface area (Å²) < 4.78 is 2.33. The second-order valence-electron chi connectivity index (χ2n) is 7.19. The predicted octanol–water partition coefficient (Wildman–Crippen LogP) is 9.06. The van der Waals surface area contributed by atoms with Crippen LogP contribution in [0.25, 0.3) is 22.2 Å². The van der Waals surface area contributed by atoms with Crippen LogP contribution in [0.2, 0.25) is 0 Å². The highest BCUT2D eigenvalue weighted by molar-refractivity contribution is 5.99. The largest absolute Gasteiger partial charge is 0.318 e. The molecule has 1 nitrogen and oxygen atoms in total. The van der Waals surface area contributed by atoms with Gasteiger partial charge < -0.3 is 4.57 Å². The van der Waals surface area contributed by atoms with Gasteiger partial charge in [-0.2, -0.15) is 0 Å². The highest BCUT2D eigenvalue weighted by Gasteiger charge is 2.17. The number of rotatable bonds is 6. The molecule has 0 fully saturated rings. The lowest BCUT2D eigenvalue weighted by Crippen LogP contribution is -1.97. The maximum absolute atomic E-state index is 4.05. The predicted molar refractivity (Wildman–Crippen MR) is 139 cm³/mol. The second kappa shape index (κ2) is 12.5. The molecule has 2 rings (SSSR count). The van der Waals surface area contributed by atoms with Crippen LogP contribution in [0.15, 0.2) is 97.2 Å². The first-order valence-corrected chi connectivity index (χ1v) is 10.5. The van der Waals surface area contributed by atoms with E-state index in [1.54, 1.807) is 6.08 Å². The lowest BCUT2D eigenvalue weighted by molar-refractivity contribution is 1.06. The van der Waals surface area contributed by atoms with Crippen LogP contribution in [0.4, 0.5) is 0 Å². The number of benzene rings is 1. The number of hydrogen-bond acceptors (Lipinski definition) is 0. The van der Waals surface area contributed by atoms with Gasteiger partial charge in [-0.15, -0.1) is 0 Å². The van der Waals surface area contributed by atoms with Crippen molar-refractivity contribution in [3.63, 3.8) is 0 Å². The third-order valence-electron chi connectivity index (χ3n) is 5.01. The third-order valence-corrected chi connectivity index (χ3v) is 5.01. The Kier molecular flexibility index (Phi) is 10.4. The Balaban J connectivity index is 0.000000479. The number of allylic oxidation sites excluding steroid dienone is 12. The van der Waals surface area contributed by atoms with Crippen molar-refractivity contribution in [1.29, 1.82) is 0 Å². The lowest BCUT2D eigenvalue weighted by atomic mass is 9.97. The molecule has 0 amide bonds. The molecule has 1 heterocycles. The summed E-state index contributed by atoms with van der Waals surface area (Å²) in [6.07, 6.45) is 16.2. The Morgan fingerprint density at radius 1 is 0.933 bits per heavy atom. The highest BCUT2D eigenvalue weighted by atomic mass is 15.0. The molecule has 0 atom stereocenters. The van der Waals surface area contributed by atoms with Gasteiger partial charge in [0.15, 0.2) is 0 Å². The first-order valence-electron chi connectivity index (χ1n) is 10.5. The Morgan fingerprint density at radius 2 is 1.57 bits per heavy atom. The SMILES string of the molecule is C=C/C(=C(C)\C=C/C)c1c(C)n(/C(C)=C/C)c2ccccc12.C=C/C=C(C)\C=C/C. The van der Waals surface area contributed by atoms with Crippen LogP contribution in [-0.4, -0.2) is 4.57 Å². The maximum atomic E-state index is 4.05. The van der Waals surface area contributed by atoms with Gasteiger partial charge in [-0.1, -0.05) is 85.5 Å². The molecule has 0 aliphatic carbocycles. The molecule has 1 aromatic heterocycles. The fraction of sp³-hybridized carbons (Fsp3) is 0.241. The van der Waals surface area contributed by atoms with E-state index in [2.05, 4.69) is 87.9 Å². The molecule has 0 N–H and O–H groups in total. The number of hydrogen-bond donors (Lipinski definition) is 0. The second-order valence-corrected chi connectivity index (χ2v) is 7.19. The monoisotopic (exact) mass is 399 g/mol. The van der Waals surface area contributed by atoms with E-state index in [0.717, 1.165) is 0 Å². The maximum Gasteiger partial charge on any atom is 0.0534 e. The van der Waals surface area contributed by atoms with Crippen LogP contribution in [-0.2, 0) is 0 Å². The van der Waals surface area contributed by atoms with Gasteiger partial charge in [0.25, 0.3) is 0 Å². The topological polar surface area (TPSA) is 4.93 Å². The molecule has 0 saturated heterocycles. The molecular formula is C29H37N. The zero-order valence-electron chi connectivity index (χ0n) is 19.8. The van der Waals surface area contributed by atoms with E-state index >= 15 is 0 Å². The Morgan fingerprint density at radius 3 is 2.10 bits per heavy atom. The molecule has 2 aromatic rings. The van der Waals surface area contributed by atoms with Gasteiger partial charge in [-0.25, -0.2) is 0 Å². The van der Waals surface area contributed by atoms with Crippen LogP contribution in [0.5, 0.6) is 0 Å². The van der Waals surface area contributed by atoms with Crippen LogP contribution in [0, 0.1) is 6.92 Å². The molecule has 0 aliphatic rings. The molecule has 30 heavy (non-hydrogen) atoms. The van der Waals surface area contributed by atoms with Gasteiger partial charge >= 0.3 is 0 Å². The molecule has 0 unspecified atom stereocenters. The molecule has 1 heteroatoms. The lowest BCUT2D eigenvalue weighted by Gasteiger charge is -2.10. The number of nitrogens with zero attached hydrogens (tertiary/aromatic N) is 1. The van der Waals surface area contributed by atoms with E-state index in [1.807, 2.05) is 45.1 Å². The van der Waals surface area contributed by atoms with Crippen LogP contribution in [0.3, 0.4) is 0 Å². The van der Waals surface area contributed by atoms with E-state index in [0.29, 0.717) is 0 Å². The minimum Gasteiger partial charge on any atom is -0.318 e. The quantitative estimate of drug-likeness (QED) is 0.427. The van der Waals surface area contributed by atoms with Gasteiger partial charge in [0.1, 0.15) is 0 Å². The summed E-state index contributed by atoms with van der Waals surface area (Å²) in [5.74, 6) is 0. The summed E-state index contributed by atoms with van der Waals surface area (Å²) >= 11 is 0. The third kappa shape index (κ3) is 5.97. The zero-order chi connectivity index (χ0) is 22.7. The Bertz CT molecular complexity index is 1030. The molecular weight excluding hydrogens is 362 g/mol. The van der Waals surface area contributed by atoms with E-state index in [1.165, 1.54) is 44.6 Å². The van der Waals surface area contributed by atoms with E-state index in [-0.39, 0.29) is 0 Å². The minimum absolute atomic E-state index is 1.20. The zero-order valence-corrected chi connectivity index (χ0v) is 19.8. The van der Waals surface area contributed by atoms with Crippen molar-refractivity contribution >= 4 is 22.2 Å². The normalized spacial score (nSPS) is 13.4. The summed E-state index contributed by atoms with van der Waals surface area (Å²) in [6, 6.07) is 8.58. The summed E-state index contributed by atoms with van der Waals surface area (Å²) in [6.45, 7) is 22.3. The van der Waals surface area contributed by atoms with Crippen molar-refractivity contribution in [3.05, 3.63) is 108 Å².